The zero-order valence-corrected chi connectivity index (χ0v) is 16.1. The minimum Gasteiger partial charge on any atom is -0.469 e. The van der Waals surface area contributed by atoms with E-state index in [0.717, 1.165) is 28.4 Å². The predicted molar refractivity (Wildman–Crippen MR) is 103 cm³/mol. The second-order valence-corrected chi connectivity index (χ2v) is 7.28. The molecule has 0 aliphatic rings. The van der Waals surface area contributed by atoms with Gasteiger partial charge in [0, 0.05) is 12.7 Å². The molecule has 0 saturated heterocycles. The van der Waals surface area contributed by atoms with Crippen LogP contribution in [0.25, 0.3) is 11.4 Å². The Morgan fingerprint density at radius 3 is 2.73 bits per heavy atom. The molecule has 0 atom stereocenters. The number of rotatable bonds is 6. The summed E-state index contributed by atoms with van der Waals surface area (Å²) in [4.78, 5) is 12.4. The lowest BCUT2D eigenvalue weighted by atomic mass is 10.0. The van der Waals surface area contributed by atoms with Crippen molar-refractivity contribution in [3.05, 3.63) is 47.9 Å². The fourth-order valence-corrected chi connectivity index (χ4v) is 3.43. The Morgan fingerprint density at radius 2 is 2.04 bits per heavy atom. The molecule has 1 aromatic carbocycles. The molecule has 1 amide bonds. The maximum Gasteiger partial charge on any atom is 0.234 e. The van der Waals surface area contributed by atoms with Crippen LogP contribution in [-0.4, -0.2) is 26.4 Å². The second kappa shape index (κ2) is 7.78. The van der Waals surface area contributed by atoms with Crippen LogP contribution < -0.4 is 5.32 Å². The predicted octanol–water partition coefficient (Wildman–Crippen LogP) is 4.24. The van der Waals surface area contributed by atoms with Gasteiger partial charge >= 0.3 is 0 Å². The molecule has 6 nitrogen and oxygen atoms in total. The van der Waals surface area contributed by atoms with Gasteiger partial charge in [0.2, 0.25) is 5.91 Å². The molecule has 0 saturated carbocycles. The molecule has 0 unspecified atom stereocenters. The number of aromatic nitrogens is 3. The number of aryl methyl sites for hydroxylation is 1. The van der Waals surface area contributed by atoms with Gasteiger partial charge in [-0.2, -0.15) is 0 Å². The molecule has 0 aliphatic heterocycles. The van der Waals surface area contributed by atoms with Gasteiger partial charge in [0.1, 0.15) is 5.76 Å². The van der Waals surface area contributed by atoms with E-state index in [4.69, 9.17) is 4.42 Å². The number of anilines is 1. The van der Waals surface area contributed by atoms with Gasteiger partial charge in [0.05, 0.1) is 17.6 Å². The van der Waals surface area contributed by atoms with Crippen molar-refractivity contribution in [2.24, 2.45) is 7.05 Å². The quantitative estimate of drug-likeness (QED) is 0.657. The van der Waals surface area contributed by atoms with Crippen molar-refractivity contribution in [3.63, 3.8) is 0 Å². The average molecular weight is 370 g/mol. The highest BCUT2D eigenvalue weighted by Crippen LogP contribution is 2.27. The van der Waals surface area contributed by atoms with Crippen LogP contribution in [0.1, 0.15) is 31.1 Å². The summed E-state index contributed by atoms with van der Waals surface area (Å²) in [6.45, 7) is 6.10. The molecule has 1 N–H and O–H groups in total. The average Bonchev–Trinajstić information content (AvgIpc) is 3.18. The van der Waals surface area contributed by atoms with Crippen molar-refractivity contribution >= 4 is 23.4 Å². The highest BCUT2D eigenvalue weighted by molar-refractivity contribution is 7.99. The molecule has 0 bridgehead atoms. The third-order valence-corrected chi connectivity index (χ3v) is 5.14. The number of para-hydroxylation sites is 1. The van der Waals surface area contributed by atoms with Crippen LogP contribution in [-0.2, 0) is 11.8 Å². The molecule has 0 spiro atoms. The lowest BCUT2D eigenvalue weighted by Crippen LogP contribution is -2.16. The number of carbonyl (C=O) groups is 1. The molecule has 3 rings (SSSR count). The number of hydrogen-bond donors (Lipinski definition) is 1. The number of hydrogen-bond acceptors (Lipinski definition) is 5. The van der Waals surface area contributed by atoms with Gasteiger partial charge in [-0.15, -0.1) is 10.2 Å². The van der Waals surface area contributed by atoms with Crippen LogP contribution in [0, 0.1) is 6.92 Å². The first-order chi connectivity index (χ1) is 12.5. The second-order valence-electron chi connectivity index (χ2n) is 6.33. The van der Waals surface area contributed by atoms with Crippen LogP contribution >= 0.6 is 11.8 Å². The lowest BCUT2D eigenvalue weighted by molar-refractivity contribution is -0.113. The maximum absolute atomic E-state index is 12.4. The summed E-state index contributed by atoms with van der Waals surface area (Å²) in [7, 11) is 1.88. The monoisotopic (exact) mass is 370 g/mol. The van der Waals surface area contributed by atoms with Crippen molar-refractivity contribution in [3.8, 4) is 11.4 Å². The Morgan fingerprint density at radius 1 is 1.27 bits per heavy atom. The number of benzene rings is 1. The lowest BCUT2D eigenvalue weighted by Gasteiger charge is -2.13. The topological polar surface area (TPSA) is 72.9 Å². The summed E-state index contributed by atoms with van der Waals surface area (Å²) in [6, 6.07) is 9.74. The highest BCUT2D eigenvalue weighted by Gasteiger charge is 2.16. The summed E-state index contributed by atoms with van der Waals surface area (Å²) in [5, 5.41) is 12.1. The molecule has 0 radical (unpaired) electrons. The number of nitrogens with zero attached hydrogens (tertiary/aromatic N) is 3. The molecule has 0 aliphatic carbocycles. The first kappa shape index (κ1) is 18.3. The van der Waals surface area contributed by atoms with Crippen LogP contribution in [0.5, 0.6) is 0 Å². The van der Waals surface area contributed by atoms with Gasteiger partial charge in [-0.05, 0) is 30.5 Å². The van der Waals surface area contributed by atoms with Gasteiger partial charge in [-0.3, -0.25) is 4.79 Å². The zero-order chi connectivity index (χ0) is 18.7. The number of nitrogens with one attached hydrogen (secondary N) is 1. The standard InChI is InChI=1S/C19H22N4O2S/c1-12(2)14-7-5-6-8-16(14)20-17(24)11-26-19-22-21-18(23(19)4)15-9-10-25-13(15)3/h5-10,12H,11H2,1-4H3,(H,20,24). The van der Waals surface area contributed by atoms with Crippen LogP contribution in [0.3, 0.4) is 0 Å². The van der Waals surface area contributed by atoms with Crippen molar-refractivity contribution in [1.82, 2.24) is 14.8 Å². The van der Waals surface area contributed by atoms with E-state index in [1.807, 2.05) is 48.9 Å². The van der Waals surface area contributed by atoms with Crippen molar-refractivity contribution in [2.75, 3.05) is 11.1 Å². The Kier molecular flexibility index (Phi) is 5.46. The minimum absolute atomic E-state index is 0.0628. The summed E-state index contributed by atoms with van der Waals surface area (Å²) < 4.78 is 7.20. The van der Waals surface area contributed by atoms with E-state index in [-0.39, 0.29) is 11.7 Å². The molecule has 0 fully saturated rings. The van der Waals surface area contributed by atoms with Gasteiger partial charge in [0.25, 0.3) is 0 Å². The fourth-order valence-electron chi connectivity index (χ4n) is 2.72. The van der Waals surface area contributed by atoms with Crippen molar-refractivity contribution in [1.29, 1.82) is 0 Å². The fraction of sp³-hybridized carbons (Fsp3) is 0.316. The van der Waals surface area contributed by atoms with Crippen molar-refractivity contribution in [2.45, 2.75) is 31.8 Å². The molecule has 2 heterocycles. The number of thioether (sulfide) groups is 1. The van der Waals surface area contributed by atoms with E-state index in [9.17, 15) is 4.79 Å². The van der Waals surface area contributed by atoms with E-state index in [2.05, 4.69) is 29.4 Å². The summed E-state index contributed by atoms with van der Waals surface area (Å²) in [5.41, 5.74) is 2.89. The maximum atomic E-state index is 12.4. The molecule has 2 aromatic heterocycles. The van der Waals surface area contributed by atoms with Gasteiger partial charge in [0.15, 0.2) is 11.0 Å². The third kappa shape index (κ3) is 3.83. The first-order valence-corrected chi connectivity index (χ1v) is 9.41. The molecular formula is C19H22N4O2S. The van der Waals surface area contributed by atoms with Crippen LogP contribution in [0.4, 0.5) is 5.69 Å². The molecule has 136 valence electrons. The summed E-state index contributed by atoms with van der Waals surface area (Å²) >= 11 is 1.36. The molecule has 26 heavy (non-hydrogen) atoms. The number of furan rings is 1. The molecular weight excluding hydrogens is 348 g/mol. The third-order valence-electron chi connectivity index (χ3n) is 4.12. The van der Waals surface area contributed by atoms with Gasteiger partial charge < -0.3 is 14.3 Å². The van der Waals surface area contributed by atoms with Gasteiger partial charge in [-0.1, -0.05) is 43.8 Å². The summed E-state index contributed by atoms with van der Waals surface area (Å²) in [5.74, 6) is 2.07. The normalized spacial score (nSPS) is 11.1. The number of carbonyl (C=O) groups excluding carboxylic acids is 1. The van der Waals surface area contributed by atoms with Crippen LogP contribution in [0.15, 0.2) is 46.2 Å². The summed E-state index contributed by atoms with van der Waals surface area (Å²) in [6.07, 6.45) is 1.63. The Bertz CT molecular complexity index is 914. The van der Waals surface area contributed by atoms with E-state index in [0.29, 0.717) is 11.1 Å². The highest BCUT2D eigenvalue weighted by atomic mass is 32.2. The van der Waals surface area contributed by atoms with Gasteiger partial charge in [-0.25, -0.2) is 0 Å². The first-order valence-electron chi connectivity index (χ1n) is 8.42. The van der Waals surface area contributed by atoms with Crippen LogP contribution in [0.2, 0.25) is 0 Å². The molecule has 7 heteroatoms. The van der Waals surface area contributed by atoms with Crippen molar-refractivity contribution < 1.29 is 9.21 Å². The minimum atomic E-state index is -0.0628. The molecule has 3 aromatic rings. The Hall–Kier alpha value is -2.54. The zero-order valence-electron chi connectivity index (χ0n) is 15.3. The van der Waals surface area contributed by atoms with E-state index >= 15 is 0 Å². The van der Waals surface area contributed by atoms with E-state index < -0.39 is 0 Å². The van der Waals surface area contributed by atoms with E-state index in [1.54, 1.807) is 6.26 Å². The Balaban J connectivity index is 1.66. The Labute approximate surface area is 157 Å². The SMILES string of the molecule is Cc1occc1-c1nnc(SCC(=O)Nc2ccccc2C(C)C)n1C. The van der Waals surface area contributed by atoms with E-state index in [1.165, 1.54) is 11.8 Å². The smallest absolute Gasteiger partial charge is 0.234 e. The largest absolute Gasteiger partial charge is 0.469 e. The number of amides is 1.